The van der Waals surface area contributed by atoms with Crippen LogP contribution in [0.3, 0.4) is 0 Å². The van der Waals surface area contributed by atoms with E-state index in [1.165, 1.54) is 40.2 Å². The molecular weight excluding hydrogens is 139 g/mol. The van der Waals surface area contributed by atoms with Crippen LogP contribution in [0, 0.1) is 0 Å². The highest BCUT2D eigenvalue weighted by molar-refractivity contribution is 7.37. The molecule has 0 spiro atoms. The van der Waals surface area contributed by atoms with Gasteiger partial charge in [0.15, 0.2) is 0 Å². The van der Waals surface area contributed by atoms with E-state index in [0.29, 0.717) is 0 Å². The molecule has 1 unspecified atom stereocenters. The maximum atomic E-state index is 2.26. The van der Waals surface area contributed by atoms with Crippen LogP contribution < -0.4 is 0 Å². The van der Waals surface area contributed by atoms with Crippen LogP contribution in [0.15, 0.2) is 0 Å². The minimum Gasteiger partial charge on any atom is -0.122 e. The highest BCUT2D eigenvalue weighted by atomic mass is 31.1. The van der Waals surface area contributed by atoms with Crippen molar-refractivity contribution in [3.63, 3.8) is 0 Å². The van der Waals surface area contributed by atoms with E-state index in [1.54, 1.807) is 0 Å². The highest BCUT2D eigenvalue weighted by Gasteiger charge is 1.82. The summed E-state index contributed by atoms with van der Waals surface area (Å²) < 4.78 is 0. The van der Waals surface area contributed by atoms with Crippen LogP contribution in [0.5, 0.6) is 0 Å². The van der Waals surface area contributed by atoms with Crippen molar-refractivity contribution in [2.75, 3.05) is 12.3 Å². The first-order valence-corrected chi connectivity index (χ1v) is 5.04. The highest BCUT2D eigenvalue weighted by Crippen LogP contribution is 2.12. The van der Waals surface area contributed by atoms with Gasteiger partial charge in [-0.15, -0.1) is 8.58 Å². The fourth-order valence-electron chi connectivity index (χ4n) is 0.604. The van der Waals surface area contributed by atoms with E-state index in [9.17, 15) is 0 Å². The lowest BCUT2D eigenvalue weighted by Gasteiger charge is -1.94. The van der Waals surface area contributed by atoms with Gasteiger partial charge in [-0.2, -0.15) is 0 Å². The fourth-order valence-corrected chi connectivity index (χ4v) is 1.81. The molecule has 0 aliphatic heterocycles. The minimum atomic E-state index is 0. The van der Waals surface area contributed by atoms with E-state index in [-0.39, 0.29) is 14.9 Å². The Hall–Kier alpha value is 0.430. The number of unbranched alkanes of at least 4 members (excludes halogenated alkanes) is 1. The van der Waals surface area contributed by atoms with Gasteiger partial charge in [0, 0.05) is 0 Å². The molecule has 0 aliphatic rings. The van der Waals surface area contributed by atoms with Gasteiger partial charge in [0.1, 0.15) is 0 Å². The van der Waals surface area contributed by atoms with Gasteiger partial charge >= 0.3 is 0 Å². The van der Waals surface area contributed by atoms with Gasteiger partial charge in [0.05, 0.1) is 0 Å². The summed E-state index contributed by atoms with van der Waals surface area (Å²) in [6.07, 6.45) is 7.13. The van der Waals surface area contributed by atoms with Crippen molar-refractivity contribution in [3.05, 3.63) is 0 Å². The summed E-state index contributed by atoms with van der Waals surface area (Å²) in [5.74, 6) is 0. The van der Waals surface area contributed by atoms with Gasteiger partial charge in [-0.05, 0) is 18.7 Å². The Balaban J connectivity index is -0.000000245. The second-order valence-electron chi connectivity index (χ2n) is 2.10. The van der Waals surface area contributed by atoms with Crippen molar-refractivity contribution in [2.24, 2.45) is 0 Å². The largest absolute Gasteiger partial charge is 0.122 e. The first-order valence-electron chi connectivity index (χ1n) is 3.62. The topological polar surface area (TPSA) is 0 Å². The second kappa shape index (κ2) is 16.2. The molecule has 0 saturated heterocycles. The molecule has 0 amide bonds. The summed E-state index contributed by atoms with van der Waals surface area (Å²) in [6, 6.07) is 0. The predicted octanol–water partition coefficient (Wildman–Crippen LogP) is 4.15. The molecule has 0 N–H and O–H groups in total. The second-order valence-corrected chi connectivity index (χ2v) is 3.60. The Morgan fingerprint density at radius 3 is 1.90 bits per heavy atom. The molecule has 66 valence electrons. The van der Waals surface area contributed by atoms with Crippen molar-refractivity contribution in [1.82, 2.24) is 0 Å². The van der Waals surface area contributed by atoms with E-state index in [1.807, 2.05) is 0 Å². The quantitative estimate of drug-likeness (QED) is 0.423. The Labute approximate surface area is 69.6 Å². The van der Waals surface area contributed by atoms with Crippen LogP contribution in [0.25, 0.3) is 0 Å². The molecular formula is C9H25P. The van der Waals surface area contributed by atoms with Crippen molar-refractivity contribution < 1.29 is 0 Å². The molecule has 0 aliphatic carbocycles. The summed E-state index contributed by atoms with van der Waals surface area (Å²) in [5, 5.41) is 0. The van der Waals surface area contributed by atoms with Gasteiger partial charge in [-0.1, -0.05) is 41.5 Å². The van der Waals surface area contributed by atoms with Gasteiger partial charge in [-0.3, -0.25) is 0 Å². The zero-order valence-electron chi connectivity index (χ0n) is 6.04. The third kappa shape index (κ3) is 15.8. The van der Waals surface area contributed by atoms with E-state index < -0.39 is 0 Å². The molecule has 0 fully saturated rings. The van der Waals surface area contributed by atoms with E-state index in [4.69, 9.17) is 0 Å². The lowest BCUT2D eigenvalue weighted by molar-refractivity contribution is 0.892. The zero-order valence-corrected chi connectivity index (χ0v) is 7.04. The first-order chi connectivity index (χ1) is 3.91. The van der Waals surface area contributed by atoms with Crippen LogP contribution in [0.2, 0.25) is 0 Å². The molecule has 0 nitrogen and oxygen atoms in total. The molecule has 0 heterocycles. The molecule has 1 heteroatoms. The SMILES string of the molecule is C.C.CCCCPCCC. The van der Waals surface area contributed by atoms with Crippen LogP contribution >= 0.6 is 8.58 Å². The number of hydrogen-bond donors (Lipinski definition) is 0. The smallest absolute Gasteiger partial charge is 0.0354 e. The summed E-state index contributed by atoms with van der Waals surface area (Å²) in [4.78, 5) is 0. The average Bonchev–Trinajstić information content (AvgIpc) is 1.81. The summed E-state index contributed by atoms with van der Waals surface area (Å²) in [7, 11) is 1.24. The third-order valence-corrected chi connectivity index (χ3v) is 2.69. The lowest BCUT2D eigenvalue weighted by Crippen LogP contribution is -1.76. The fraction of sp³-hybridized carbons (Fsp3) is 1.00. The van der Waals surface area contributed by atoms with Crippen LogP contribution in [0.1, 0.15) is 48.0 Å². The molecule has 1 atom stereocenters. The maximum Gasteiger partial charge on any atom is -0.0354 e. The number of hydrogen-bond acceptors (Lipinski definition) is 0. The van der Waals surface area contributed by atoms with E-state index >= 15 is 0 Å². The van der Waals surface area contributed by atoms with E-state index in [2.05, 4.69) is 13.8 Å². The zero-order chi connectivity index (χ0) is 6.24. The molecule has 0 bridgehead atoms. The summed E-state index contributed by atoms with van der Waals surface area (Å²) in [5.41, 5.74) is 0. The molecule has 0 saturated carbocycles. The summed E-state index contributed by atoms with van der Waals surface area (Å²) in [6.45, 7) is 4.52. The molecule has 0 rings (SSSR count). The van der Waals surface area contributed by atoms with Crippen LogP contribution in [-0.4, -0.2) is 12.3 Å². The lowest BCUT2D eigenvalue weighted by atomic mass is 10.4. The molecule has 0 radical (unpaired) electrons. The van der Waals surface area contributed by atoms with Crippen molar-refractivity contribution in [3.8, 4) is 0 Å². The molecule has 0 aromatic carbocycles. The molecule has 0 aromatic heterocycles. The average molecular weight is 164 g/mol. The van der Waals surface area contributed by atoms with Gasteiger partial charge in [-0.25, -0.2) is 0 Å². The van der Waals surface area contributed by atoms with Crippen molar-refractivity contribution in [2.45, 2.75) is 48.0 Å². The first kappa shape index (κ1) is 16.8. The molecule has 10 heavy (non-hydrogen) atoms. The van der Waals surface area contributed by atoms with Gasteiger partial charge in [0.2, 0.25) is 0 Å². The Morgan fingerprint density at radius 1 is 0.900 bits per heavy atom. The minimum absolute atomic E-state index is 0. The monoisotopic (exact) mass is 164 g/mol. The Bertz CT molecular complexity index is 29.7. The third-order valence-electron chi connectivity index (χ3n) is 1.13. The normalized spacial score (nSPS) is 9.00. The van der Waals surface area contributed by atoms with Crippen LogP contribution in [0.4, 0.5) is 0 Å². The maximum absolute atomic E-state index is 2.26. The standard InChI is InChI=1S/C7H17P.2CH4/c1-3-5-7-8-6-4-2;;/h8H,3-7H2,1-2H3;2*1H4. The molecule has 0 aromatic rings. The predicted molar refractivity (Wildman–Crippen MR) is 56.7 cm³/mol. The van der Waals surface area contributed by atoms with Crippen LogP contribution in [-0.2, 0) is 0 Å². The van der Waals surface area contributed by atoms with Crippen molar-refractivity contribution >= 4 is 8.58 Å². The van der Waals surface area contributed by atoms with Crippen molar-refractivity contribution in [1.29, 1.82) is 0 Å². The number of rotatable bonds is 5. The van der Waals surface area contributed by atoms with E-state index in [0.717, 1.165) is 0 Å². The van der Waals surface area contributed by atoms with Gasteiger partial charge in [0.25, 0.3) is 0 Å². The van der Waals surface area contributed by atoms with Gasteiger partial charge < -0.3 is 0 Å². The summed E-state index contributed by atoms with van der Waals surface area (Å²) >= 11 is 0. The Morgan fingerprint density at radius 2 is 1.50 bits per heavy atom. The Kier molecular flexibility index (Phi) is 27.2.